The Morgan fingerprint density at radius 3 is 2.18 bits per heavy atom. The van der Waals surface area contributed by atoms with E-state index in [1.54, 1.807) is 0 Å². The molecule has 1 atom stereocenters. The Morgan fingerprint density at radius 2 is 1.52 bits per heavy atom. The molecule has 1 aromatic rings. The third-order valence-corrected chi connectivity index (χ3v) is 8.83. The molecule has 6 fully saturated rings. The van der Waals surface area contributed by atoms with Gasteiger partial charge in [0.1, 0.15) is 0 Å². The Labute approximate surface area is 196 Å². The number of carbonyl (C=O) groups excluding carboxylic acids is 2. The van der Waals surface area contributed by atoms with Gasteiger partial charge in [-0.05, 0) is 86.5 Å². The van der Waals surface area contributed by atoms with Crippen LogP contribution in [0, 0.1) is 23.7 Å². The molecule has 0 unspecified atom stereocenters. The molecule has 7 rings (SSSR count). The van der Waals surface area contributed by atoms with E-state index in [9.17, 15) is 9.59 Å². The summed E-state index contributed by atoms with van der Waals surface area (Å²) in [5, 5.41) is 6.59. The molecule has 33 heavy (non-hydrogen) atoms. The maximum Gasteiger partial charge on any atom is 0.317 e. The lowest BCUT2D eigenvalue weighted by molar-refractivity contribution is -0.0119. The quantitative estimate of drug-likeness (QED) is 0.737. The summed E-state index contributed by atoms with van der Waals surface area (Å²) >= 11 is 0. The molecule has 6 aliphatic rings. The number of ether oxygens (including phenoxy) is 1. The van der Waals surface area contributed by atoms with Gasteiger partial charge in [0.15, 0.2) is 0 Å². The topological polar surface area (TPSA) is 73.9 Å². The summed E-state index contributed by atoms with van der Waals surface area (Å²) in [6, 6.07) is 8.57. The van der Waals surface area contributed by atoms with Crippen molar-refractivity contribution in [2.75, 3.05) is 44.3 Å². The fraction of sp³-hybridized carbons (Fsp3) is 0.692. The largest absolute Gasteiger partial charge is 0.378 e. The van der Waals surface area contributed by atoms with Crippen LogP contribution in [0.2, 0.25) is 0 Å². The SMILES string of the molecule is O=C(NC1C2CC3CC(C2)CC1C3)c1ccc(N2CC[C@@H](NC(=O)N3CCOCC3)C2)cc1. The molecule has 4 saturated carbocycles. The minimum absolute atomic E-state index is 0.0157. The number of morpholine rings is 1. The van der Waals surface area contributed by atoms with Crippen molar-refractivity contribution < 1.29 is 14.3 Å². The number of amides is 3. The molecule has 2 saturated heterocycles. The lowest BCUT2D eigenvalue weighted by Crippen LogP contribution is -2.55. The van der Waals surface area contributed by atoms with Gasteiger partial charge in [-0.1, -0.05) is 0 Å². The van der Waals surface area contributed by atoms with E-state index in [-0.39, 0.29) is 18.0 Å². The van der Waals surface area contributed by atoms with Gasteiger partial charge in [-0.15, -0.1) is 0 Å². The predicted octanol–water partition coefficient (Wildman–Crippen LogP) is 2.86. The first-order valence-electron chi connectivity index (χ1n) is 12.9. The van der Waals surface area contributed by atoms with Gasteiger partial charge in [0, 0.05) is 49.5 Å². The molecular weight excluding hydrogens is 416 g/mol. The molecule has 4 aliphatic carbocycles. The Hall–Kier alpha value is -2.28. The van der Waals surface area contributed by atoms with Crippen LogP contribution in [0.5, 0.6) is 0 Å². The number of anilines is 1. The highest BCUT2D eigenvalue weighted by Crippen LogP contribution is 2.53. The van der Waals surface area contributed by atoms with Crippen LogP contribution < -0.4 is 15.5 Å². The molecule has 2 N–H and O–H groups in total. The summed E-state index contributed by atoms with van der Waals surface area (Å²) in [4.78, 5) is 29.6. The molecule has 7 nitrogen and oxygen atoms in total. The van der Waals surface area contributed by atoms with Gasteiger partial charge in [0.2, 0.25) is 0 Å². The lowest BCUT2D eigenvalue weighted by atomic mass is 9.54. The van der Waals surface area contributed by atoms with Gasteiger partial charge in [0.25, 0.3) is 5.91 Å². The van der Waals surface area contributed by atoms with Gasteiger partial charge in [0.05, 0.1) is 13.2 Å². The second-order valence-corrected chi connectivity index (χ2v) is 11.0. The number of rotatable bonds is 4. The minimum atomic E-state index is 0.0157. The van der Waals surface area contributed by atoms with E-state index >= 15 is 0 Å². The van der Waals surface area contributed by atoms with Gasteiger partial charge < -0.3 is 25.2 Å². The Kier molecular flexibility index (Phi) is 5.68. The highest BCUT2D eigenvalue weighted by molar-refractivity contribution is 5.94. The normalized spacial score (nSPS) is 35.0. The second-order valence-electron chi connectivity index (χ2n) is 11.0. The number of nitrogens with one attached hydrogen (secondary N) is 2. The zero-order chi connectivity index (χ0) is 22.4. The number of benzene rings is 1. The fourth-order valence-corrected chi connectivity index (χ4v) is 7.36. The van der Waals surface area contributed by atoms with Crippen LogP contribution in [0.4, 0.5) is 10.5 Å². The zero-order valence-electron chi connectivity index (χ0n) is 19.4. The number of hydrogen-bond acceptors (Lipinski definition) is 4. The standard InChI is InChI=1S/C26H36N4O3/c31-25(28-24-20-12-17-11-18(14-20)15-21(24)13-17)19-1-3-23(4-2-19)30-6-5-22(16-30)27-26(32)29-7-9-33-10-8-29/h1-4,17-18,20-22,24H,5-16H2,(H,27,32)(H,28,31)/t17?,18?,20?,21?,22-,24?/m1/s1. The molecule has 7 heteroatoms. The molecular formula is C26H36N4O3. The summed E-state index contributed by atoms with van der Waals surface area (Å²) in [5.74, 6) is 3.30. The van der Waals surface area contributed by atoms with Crippen LogP contribution in [0.15, 0.2) is 24.3 Å². The molecule has 3 amide bonds. The number of nitrogens with zero attached hydrogens (tertiary/aromatic N) is 2. The number of urea groups is 1. The van der Waals surface area contributed by atoms with Crippen LogP contribution in [0.25, 0.3) is 0 Å². The summed E-state index contributed by atoms with van der Waals surface area (Å²) in [7, 11) is 0. The molecule has 2 aliphatic heterocycles. The van der Waals surface area contributed by atoms with Gasteiger partial charge in [-0.2, -0.15) is 0 Å². The van der Waals surface area contributed by atoms with Crippen LogP contribution in [-0.4, -0.2) is 68.3 Å². The molecule has 178 valence electrons. The van der Waals surface area contributed by atoms with Crippen molar-refractivity contribution in [3.8, 4) is 0 Å². The van der Waals surface area contributed by atoms with Gasteiger partial charge >= 0.3 is 6.03 Å². The highest BCUT2D eigenvalue weighted by Gasteiger charge is 2.48. The zero-order valence-corrected chi connectivity index (χ0v) is 19.4. The van der Waals surface area contributed by atoms with Crippen molar-refractivity contribution >= 4 is 17.6 Å². The molecule has 1 aromatic carbocycles. The van der Waals surface area contributed by atoms with Crippen molar-refractivity contribution in [3.63, 3.8) is 0 Å². The van der Waals surface area contributed by atoms with Crippen LogP contribution in [0.3, 0.4) is 0 Å². The second kappa shape index (κ2) is 8.82. The third kappa shape index (κ3) is 4.32. The highest BCUT2D eigenvalue weighted by atomic mass is 16.5. The maximum absolute atomic E-state index is 13.0. The first kappa shape index (κ1) is 21.3. The van der Waals surface area contributed by atoms with Crippen molar-refractivity contribution in [1.82, 2.24) is 15.5 Å². The smallest absolute Gasteiger partial charge is 0.317 e. The van der Waals surface area contributed by atoms with Crippen molar-refractivity contribution in [3.05, 3.63) is 29.8 Å². The van der Waals surface area contributed by atoms with Crippen LogP contribution in [0.1, 0.15) is 48.9 Å². The Morgan fingerprint density at radius 1 is 0.848 bits per heavy atom. The predicted molar refractivity (Wildman–Crippen MR) is 126 cm³/mol. The van der Waals surface area contributed by atoms with E-state index in [0.717, 1.165) is 42.6 Å². The van der Waals surface area contributed by atoms with E-state index in [1.165, 1.54) is 32.1 Å². The van der Waals surface area contributed by atoms with Gasteiger partial charge in [-0.3, -0.25) is 4.79 Å². The van der Waals surface area contributed by atoms with Crippen LogP contribution in [-0.2, 0) is 4.74 Å². The summed E-state index contributed by atoms with van der Waals surface area (Å²) in [5.41, 5.74) is 1.87. The van der Waals surface area contributed by atoms with Gasteiger partial charge in [-0.25, -0.2) is 4.79 Å². The molecule has 0 radical (unpaired) electrons. The molecule has 0 aromatic heterocycles. The third-order valence-electron chi connectivity index (χ3n) is 8.83. The van der Waals surface area contributed by atoms with E-state index in [4.69, 9.17) is 4.74 Å². The van der Waals surface area contributed by atoms with E-state index in [1.807, 2.05) is 17.0 Å². The molecule has 0 spiro atoms. The maximum atomic E-state index is 13.0. The van der Waals surface area contributed by atoms with E-state index in [2.05, 4.69) is 27.7 Å². The number of carbonyl (C=O) groups is 2. The van der Waals surface area contributed by atoms with E-state index in [0.29, 0.717) is 44.2 Å². The lowest BCUT2D eigenvalue weighted by Gasteiger charge is -2.54. The van der Waals surface area contributed by atoms with Crippen molar-refractivity contribution in [2.45, 2.75) is 50.6 Å². The summed E-state index contributed by atoms with van der Waals surface area (Å²) in [6.07, 6.45) is 7.63. The first-order valence-corrected chi connectivity index (χ1v) is 12.9. The number of hydrogen-bond donors (Lipinski definition) is 2. The summed E-state index contributed by atoms with van der Waals surface area (Å²) < 4.78 is 5.33. The molecule has 2 heterocycles. The van der Waals surface area contributed by atoms with Crippen LogP contribution >= 0.6 is 0 Å². The first-order chi connectivity index (χ1) is 16.1. The fourth-order valence-electron chi connectivity index (χ4n) is 7.36. The molecule has 4 bridgehead atoms. The Balaban J connectivity index is 1.02. The minimum Gasteiger partial charge on any atom is -0.378 e. The van der Waals surface area contributed by atoms with Crippen molar-refractivity contribution in [2.24, 2.45) is 23.7 Å². The monoisotopic (exact) mass is 452 g/mol. The van der Waals surface area contributed by atoms with E-state index < -0.39 is 0 Å². The average Bonchev–Trinajstić information content (AvgIpc) is 3.30. The Bertz CT molecular complexity index is 854. The average molecular weight is 453 g/mol. The summed E-state index contributed by atoms with van der Waals surface area (Å²) in [6.45, 7) is 4.27. The van der Waals surface area contributed by atoms with Crippen molar-refractivity contribution in [1.29, 1.82) is 0 Å².